The molecule has 1 aliphatic rings. The van der Waals surface area contributed by atoms with Crippen LogP contribution in [0.25, 0.3) is 0 Å². The van der Waals surface area contributed by atoms with Gasteiger partial charge in [0.05, 0.1) is 0 Å². The molecule has 1 saturated carbocycles. The molecule has 16 heavy (non-hydrogen) atoms. The Balaban J connectivity index is 2.37. The van der Waals surface area contributed by atoms with Gasteiger partial charge >= 0.3 is 0 Å². The maximum atomic E-state index is 6.25. The molecule has 1 rings (SSSR count). The summed E-state index contributed by atoms with van der Waals surface area (Å²) >= 11 is 2.13. The van der Waals surface area contributed by atoms with E-state index in [0.29, 0.717) is 6.04 Å². The Labute approximate surface area is 106 Å². The molecule has 96 valence electrons. The highest BCUT2D eigenvalue weighted by Gasteiger charge is 2.29. The van der Waals surface area contributed by atoms with Gasteiger partial charge in [0.25, 0.3) is 0 Å². The van der Waals surface area contributed by atoms with E-state index in [2.05, 4.69) is 39.5 Å². The summed E-state index contributed by atoms with van der Waals surface area (Å²) in [5.74, 6) is 3.88. The molecule has 0 saturated heterocycles. The molecule has 0 aromatic heterocycles. The second kappa shape index (κ2) is 6.90. The van der Waals surface area contributed by atoms with Crippen molar-refractivity contribution in [2.45, 2.75) is 64.7 Å². The molecule has 0 spiro atoms. The third-order valence-corrected chi connectivity index (χ3v) is 5.85. The van der Waals surface area contributed by atoms with Crippen LogP contribution in [-0.2, 0) is 0 Å². The minimum Gasteiger partial charge on any atom is -0.327 e. The standard InChI is InChI=1S/C14H29NS/c1-5-11(4)9-16-14-8-12(10(2)3)6-7-13(14)15/h10-14H,5-9,15H2,1-4H3. The zero-order chi connectivity index (χ0) is 12.1. The molecule has 4 unspecified atom stereocenters. The molecule has 4 atom stereocenters. The molecule has 1 aliphatic carbocycles. The average Bonchev–Trinajstić information content (AvgIpc) is 2.27. The number of thioether (sulfide) groups is 1. The van der Waals surface area contributed by atoms with E-state index in [-0.39, 0.29) is 0 Å². The van der Waals surface area contributed by atoms with Crippen molar-refractivity contribution in [3.8, 4) is 0 Å². The number of hydrogen-bond donors (Lipinski definition) is 1. The molecule has 0 aliphatic heterocycles. The van der Waals surface area contributed by atoms with Crippen LogP contribution in [0.4, 0.5) is 0 Å². The van der Waals surface area contributed by atoms with E-state index in [9.17, 15) is 0 Å². The van der Waals surface area contributed by atoms with Gasteiger partial charge < -0.3 is 5.73 Å². The molecule has 0 aromatic carbocycles. The lowest BCUT2D eigenvalue weighted by Crippen LogP contribution is -2.39. The van der Waals surface area contributed by atoms with Crippen LogP contribution in [0.2, 0.25) is 0 Å². The van der Waals surface area contributed by atoms with Crippen molar-refractivity contribution in [2.24, 2.45) is 23.5 Å². The summed E-state index contributed by atoms with van der Waals surface area (Å²) in [5.41, 5.74) is 6.25. The van der Waals surface area contributed by atoms with Gasteiger partial charge in [-0.15, -0.1) is 0 Å². The van der Waals surface area contributed by atoms with Crippen molar-refractivity contribution in [3.63, 3.8) is 0 Å². The summed E-state index contributed by atoms with van der Waals surface area (Å²) in [6.45, 7) is 9.35. The van der Waals surface area contributed by atoms with Crippen molar-refractivity contribution >= 4 is 11.8 Å². The Morgan fingerprint density at radius 2 is 1.94 bits per heavy atom. The maximum absolute atomic E-state index is 6.25. The average molecular weight is 243 g/mol. The second-order valence-electron chi connectivity index (χ2n) is 5.87. The summed E-state index contributed by atoms with van der Waals surface area (Å²) in [6, 6.07) is 0.448. The highest BCUT2D eigenvalue weighted by molar-refractivity contribution is 7.99. The Morgan fingerprint density at radius 3 is 2.50 bits per heavy atom. The van der Waals surface area contributed by atoms with E-state index >= 15 is 0 Å². The first-order valence-corrected chi connectivity index (χ1v) is 7.96. The first kappa shape index (κ1) is 14.4. The van der Waals surface area contributed by atoms with Gasteiger partial charge in [-0.1, -0.05) is 34.1 Å². The predicted octanol–water partition coefficient (Wildman–Crippen LogP) is 3.92. The van der Waals surface area contributed by atoms with Crippen LogP contribution in [0, 0.1) is 17.8 Å². The first-order chi connectivity index (χ1) is 7.54. The fraction of sp³-hybridized carbons (Fsp3) is 1.00. The third-order valence-electron chi connectivity index (χ3n) is 4.12. The molecule has 0 bridgehead atoms. The van der Waals surface area contributed by atoms with Crippen LogP contribution < -0.4 is 5.73 Å². The van der Waals surface area contributed by atoms with E-state index in [1.807, 2.05) is 0 Å². The van der Waals surface area contributed by atoms with Crippen LogP contribution in [0.1, 0.15) is 53.4 Å². The van der Waals surface area contributed by atoms with Crippen LogP contribution in [0.5, 0.6) is 0 Å². The monoisotopic (exact) mass is 243 g/mol. The largest absolute Gasteiger partial charge is 0.327 e. The number of rotatable bonds is 5. The van der Waals surface area contributed by atoms with Gasteiger partial charge in [0, 0.05) is 11.3 Å². The Hall–Kier alpha value is 0.310. The zero-order valence-corrected chi connectivity index (χ0v) is 12.2. The zero-order valence-electron chi connectivity index (χ0n) is 11.4. The lowest BCUT2D eigenvalue weighted by atomic mass is 9.79. The summed E-state index contributed by atoms with van der Waals surface area (Å²) in [7, 11) is 0. The van der Waals surface area contributed by atoms with Crippen LogP contribution in [-0.4, -0.2) is 17.0 Å². The minimum absolute atomic E-state index is 0.448. The second-order valence-corrected chi connectivity index (χ2v) is 7.14. The highest BCUT2D eigenvalue weighted by Crippen LogP contribution is 2.36. The summed E-state index contributed by atoms with van der Waals surface area (Å²) in [6.07, 6.45) is 5.22. The molecule has 2 heteroatoms. The summed E-state index contributed by atoms with van der Waals surface area (Å²) in [5, 5.41) is 0.718. The third kappa shape index (κ3) is 4.29. The highest BCUT2D eigenvalue weighted by atomic mass is 32.2. The van der Waals surface area contributed by atoms with E-state index in [1.165, 1.54) is 31.4 Å². The van der Waals surface area contributed by atoms with Gasteiger partial charge in [0.1, 0.15) is 0 Å². The van der Waals surface area contributed by atoms with Gasteiger partial charge in [0.15, 0.2) is 0 Å². The molecular formula is C14H29NS. The molecule has 0 amide bonds. The van der Waals surface area contributed by atoms with Crippen molar-refractivity contribution in [2.75, 3.05) is 5.75 Å². The lowest BCUT2D eigenvalue weighted by molar-refractivity contribution is 0.266. The van der Waals surface area contributed by atoms with E-state index in [0.717, 1.165) is 23.0 Å². The fourth-order valence-electron chi connectivity index (χ4n) is 2.39. The number of hydrogen-bond acceptors (Lipinski definition) is 2. The van der Waals surface area contributed by atoms with E-state index in [1.54, 1.807) is 0 Å². The topological polar surface area (TPSA) is 26.0 Å². The van der Waals surface area contributed by atoms with Crippen molar-refractivity contribution in [1.82, 2.24) is 0 Å². The van der Waals surface area contributed by atoms with Crippen LogP contribution >= 0.6 is 11.8 Å². The summed E-state index contributed by atoms with van der Waals surface area (Å²) in [4.78, 5) is 0. The summed E-state index contributed by atoms with van der Waals surface area (Å²) < 4.78 is 0. The maximum Gasteiger partial charge on any atom is 0.0201 e. The predicted molar refractivity (Wildman–Crippen MR) is 75.9 cm³/mol. The molecule has 2 N–H and O–H groups in total. The minimum atomic E-state index is 0.448. The van der Waals surface area contributed by atoms with E-state index in [4.69, 9.17) is 5.73 Å². The normalized spacial score (nSPS) is 33.0. The van der Waals surface area contributed by atoms with Gasteiger partial charge in [-0.3, -0.25) is 0 Å². The van der Waals surface area contributed by atoms with Crippen LogP contribution in [0.3, 0.4) is 0 Å². The van der Waals surface area contributed by atoms with Crippen molar-refractivity contribution in [1.29, 1.82) is 0 Å². The molecule has 0 radical (unpaired) electrons. The molecule has 1 nitrogen and oxygen atoms in total. The lowest BCUT2D eigenvalue weighted by Gasteiger charge is -2.36. The Morgan fingerprint density at radius 1 is 1.25 bits per heavy atom. The van der Waals surface area contributed by atoms with Crippen LogP contribution in [0.15, 0.2) is 0 Å². The molecular weight excluding hydrogens is 214 g/mol. The molecule has 0 aromatic rings. The van der Waals surface area contributed by atoms with E-state index < -0.39 is 0 Å². The molecule has 1 fully saturated rings. The first-order valence-electron chi connectivity index (χ1n) is 6.91. The number of nitrogens with two attached hydrogens (primary N) is 1. The van der Waals surface area contributed by atoms with Gasteiger partial charge in [0.2, 0.25) is 0 Å². The molecule has 0 heterocycles. The Kier molecular flexibility index (Phi) is 6.20. The SMILES string of the molecule is CCC(C)CSC1CC(C(C)C)CCC1N. The van der Waals surface area contributed by atoms with Crippen molar-refractivity contribution in [3.05, 3.63) is 0 Å². The van der Waals surface area contributed by atoms with Gasteiger partial charge in [-0.2, -0.15) is 11.8 Å². The fourth-order valence-corrected chi connectivity index (χ4v) is 3.96. The van der Waals surface area contributed by atoms with Crippen molar-refractivity contribution < 1.29 is 0 Å². The van der Waals surface area contributed by atoms with Gasteiger partial charge in [-0.25, -0.2) is 0 Å². The quantitative estimate of drug-likeness (QED) is 0.792. The Bertz CT molecular complexity index is 193. The smallest absolute Gasteiger partial charge is 0.0201 e. The van der Waals surface area contributed by atoms with Gasteiger partial charge in [-0.05, 0) is 42.8 Å².